The molecule has 2 nitrogen and oxygen atoms in total. The molecule has 2 saturated carbocycles. The highest BCUT2D eigenvalue weighted by Gasteiger charge is 2.35. The molecule has 0 aromatic carbocycles. The molecule has 0 bridgehead atoms. The highest BCUT2D eigenvalue weighted by atomic mass is 16.5. The van der Waals surface area contributed by atoms with Gasteiger partial charge in [0.1, 0.15) is 6.26 Å². The van der Waals surface area contributed by atoms with Crippen molar-refractivity contribution in [2.75, 3.05) is 0 Å². The van der Waals surface area contributed by atoms with Crippen molar-refractivity contribution in [3.63, 3.8) is 0 Å². The predicted octanol–water partition coefficient (Wildman–Crippen LogP) is 2.43. The van der Waals surface area contributed by atoms with E-state index in [1.807, 2.05) is 6.26 Å². The van der Waals surface area contributed by atoms with E-state index in [0.29, 0.717) is 0 Å². The Morgan fingerprint density at radius 2 is 1.91 bits per heavy atom. The van der Waals surface area contributed by atoms with E-state index in [0.717, 1.165) is 11.8 Å². The Morgan fingerprint density at radius 1 is 1.18 bits per heavy atom. The predicted molar refractivity (Wildman–Crippen MR) is 40.5 cm³/mol. The summed E-state index contributed by atoms with van der Waals surface area (Å²) in [4.78, 5) is 0. The van der Waals surface area contributed by atoms with Crippen molar-refractivity contribution in [1.82, 2.24) is 5.16 Å². The Hall–Kier alpha value is -0.790. The van der Waals surface area contributed by atoms with Crippen LogP contribution in [0.15, 0.2) is 10.8 Å². The third-order valence-corrected chi connectivity index (χ3v) is 2.61. The molecule has 2 fully saturated rings. The lowest BCUT2D eigenvalue weighted by atomic mass is 10.1. The van der Waals surface area contributed by atoms with E-state index >= 15 is 0 Å². The van der Waals surface area contributed by atoms with Gasteiger partial charge in [0, 0.05) is 11.5 Å². The zero-order chi connectivity index (χ0) is 7.26. The average molecular weight is 149 g/mol. The van der Waals surface area contributed by atoms with Gasteiger partial charge < -0.3 is 4.52 Å². The summed E-state index contributed by atoms with van der Waals surface area (Å²) < 4.78 is 5.00. The summed E-state index contributed by atoms with van der Waals surface area (Å²) in [5.74, 6) is 1.56. The Morgan fingerprint density at radius 3 is 2.55 bits per heavy atom. The molecule has 1 aromatic rings. The van der Waals surface area contributed by atoms with Gasteiger partial charge in [-0.25, -0.2) is 0 Å². The number of hydrogen-bond acceptors (Lipinski definition) is 2. The van der Waals surface area contributed by atoms with Crippen LogP contribution in [-0.2, 0) is 0 Å². The molecule has 2 aliphatic rings. The smallest absolute Gasteiger partial charge is 0.127 e. The molecule has 58 valence electrons. The van der Waals surface area contributed by atoms with Crippen molar-refractivity contribution < 1.29 is 4.52 Å². The highest BCUT2D eigenvalue weighted by Crippen LogP contribution is 2.48. The number of rotatable bonds is 2. The summed E-state index contributed by atoms with van der Waals surface area (Å²) in [5.41, 5.74) is 2.68. The standard InChI is InChI=1S/C9H11NO/c1-2-6(1)8-5-11-10-9(8)7-3-4-7/h5-7H,1-4H2. The first-order valence-electron chi connectivity index (χ1n) is 4.39. The molecule has 0 aliphatic heterocycles. The molecule has 0 unspecified atom stereocenters. The quantitative estimate of drug-likeness (QED) is 0.645. The zero-order valence-electron chi connectivity index (χ0n) is 6.42. The maximum atomic E-state index is 5.00. The number of nitrogens with zero attached hydrogens (tertiary/aromatic N) is 1. The summed E-state index contributed by atoms with van der Waals surface area (Å²) in [6.45, 7) is 0. The number of hydrogen-bond donors (Lipinski definition) is 0. The van der Waals surface area contributed by atoms with Crippen molar-refractivity contribution in [1.29, 1.82) is 0 Å². The summed E-state index contributed by atoms with van der Waals surface area (Å²) in [5, 5.41) is 4.06. The van der Waals surface area contributed by atoms with E-state index in [9.17, 15) is 0 Å². The fourth-order valence-corrected chi connectivity index (χ4v) is 1.62. The van der Waals surface area contributed by atoms with Gasteiger partial charge in [-0.3, -0.25) is 0 Å². The van der Waals surface area contributed by atoms with Crippen LogP contribution in [0.3, 0.4) is 0 Å². The van der Waals surface area contributed by atoms with Crippen LogP contribution in [0.1, 0.15) is 48.8 Å². The van der Waals surface area contributed by atoms with Crippen LogP contribution in [0.5, 0.6) is 0 Å². The van der Waals surface area contributed by atoms with E-state index in [4.69, 9.17) is 4.52 Å². The third kappa shape index (κ3) is 0.889. The molecule has 2 heteroatoms. The first-order valence-corrected chi connectivity index (χ1v) is 4.39. The van der Waals surface area contributed by atoms with Crippen molar-refractivity contribution >= 4 is 0 Å². The summed E-state index contributed by atoms with van der Waals surface area (Å²) in [6, 6.07) is 0. The number of aromatic nitrogens is 1. The summed E-state index contributed by atoms with van der Waals surface area (Å²) in [7, 11) is 0. The molecule has 11 heavy (non-hydrogen) atoms. The molecule has 0 amide bonds. The van der Waals surface area contributed by atoms with Gasteiger partial charge in [0.25, 0.3) is 0 Å². The van der Waals surface area contributed by atoms with Gasteiger partial charge >= 0.3 is 0 Å². The molecule has 2 aliphatic carbocycles. The van der Waals surface area contributed by atoms with Gasteiger partial charge in [-0.1, -0.05) is 5.16 Å². The normalized spacial score (nSPS) is 24.0. The van der Waals surface area contributed by atoms with Gasteiger partial charge in [0.15, 0.2) is 0 Å². The van der Waals surface area contributed by atoms with Crippen LogP contribution in [-0.4, -0.2) is 5.16 Å². The Labute approximate surface area is 65.6 Å². The van der Waals surface area contributed by atoms with Crippen molar-refractivity contribution in [3.8, 4) is 0 Å². The maximum Gasteiger partial charge on any atom is 0.127 e. The highest BCUT2D eigenvalue weighted by molar-refractivity contribution is 5.29. The van der Waals surface area contributed by atoms with E-state index < -0.39 is 0 Å². The van der Waals surface area contributed by atoms with Crippen LogP contribution in [0.25, 0.3) is 0 Å². The molecular formula is C9H11NO. The molecular weight excluding hydrogens is 138 g/mol. The molecule has 0 spiro atoms. The zero-order valence-corrected chi connectivity index (χ0v) is 6.42. The first-order chi connectivity index (χ1) is 5.45. The van der Waals surface area contributed by atoms with Gasteiger partial charge in [0.05, 0.1) is 5.69 Å². The first kappa shape index (κ1) is 5.81. The fourth-order valence-electron chi connectivity index (χ4n) is 1.62. The molecule has 0 saturated heterocycles. The minimum Gasteiger partial charge on any atom is -0.364 e. The van der Waals surface area contributed by atoms with Gasteiger partial charge in [-0.05, 0) is 31.6 Å². The van der Waals surface area contributed by atoms with Crippen LogP contribution in [0.2, 0.25) is 0 Å². The van der Waals surface area contributed by atoms with Crippen molar-refractivity contribution in [2.24, 2.45) is 0 Å². The lowest BCUT2D eigenvalue weighted by Gasteiger charge is -1.92. The second-order valence-corrected chi connectivity index (χ2v) is 3.70. The molecule has 1 aromatic heterocycles. The Bertz CT molecular complexity index is 244. The summed E-state index contributed by atoms with van der Waals surface area (Å²) >= 11 is 0. The SMILES string of the molecule is c1onc(C2CC2)c1C1CC1. The molecule has 0 atom stereocenters. The fraction of sp³-hybridized carbons (Fsp3) is 0.667. The lowest BCUT2D eigenvalue weighted by molar-refractivity contribution is 0.411. The molecule has 1 heterocycles. The van der Waals surface area contributed by atoms with E-state index in [1.54, 1.807) is 0 Å². The second-order valence-electron chi connectivity index (χ2n) is 3.70. The van der Waals surface area contributed by atoms with Crippen LogP contribution in [0.4, 0.5) is 0 Å². The summed E-state index contributed by atoms with van der Waals surface area (Å²) in [6.07, 6.45) is 7.20. The average Bonchev–Trinajstić information content (AvgIpc) is 2.91. The van der Waals surface area contributed by atoms with E-state index in [-0.39, 0.29) is 0 Å². The van der Waals surface area contributed by atoms with Crippen LogP contribution in [0, 0.1) is 0 Å². The van der Waals surface area contributed by atoms with Crippen molar-refractivity contribution in [3.05, 3.63) is 17.5 Å². The maximum absolute atomic E-state index is 5.00. The van der Waals surface area contributed by atoms with E-state index in [1.165, 1.54) is 36.9 Å². The van der Waals surface area contributed by atoms with Gasteiger partial charge in [-0.2, -0.15) is 0 Å². The second kappa shape index (κ2) is 1.87. The van der Waals surface area contributed by atoms with Gasteiger partial charge in [-0.15, -0.1) is 0 Å². The third-order valence-electron chi connectivity index (χ3n) is 2.61. The molecule has 0 N–H and O–H groups in total. The van der Waals surface area contributed by atoms with Crippen LogP contribution < -0.4 is 0 Å². The molecule has 3 rings (SSSR count). The van der Waals surface area contributed by atoms with Gasteiger partial charge in [0.2, 0.25) is 0 Å². The lowest BCUT2D eigenvalue weighted by Crippen LogP contribution is -1.85. The Kier molecular flexibility index (Phi) is 0.989. The topological polar surface area (TPSA) is 26.0 Å². The van der Waals surface area contributed by atoms with Crippen LogP contribution >= 0.6 is 0 Å². The largest absolute Gasteiger partial charge is 0.364 e. The van der Waals surface area contributed by atoms with E-state index in [2.05, 4.69) is 5.16 Å². The van der Waals surface area contributed by atoms with Crippen molar-refractivity contribution in [2.45, 2.75) is 37.5 Å². The Balaban J connectivity index is 1.98. The molecule has 0 radical (unpaired) electrons. The monoisotopic (exact) mass is 149 g/mol. The minimum atomic E-state index is 0.754. The minimum absolute atomic E-state index is 0.754.